The minimum atomic E-state index is -0.0938. The van der Waals surface area contributed by atoms with E-state index >= 15 is 0 Å². The highest BCUT2D eigenvalue weighted by atomic mass is 16.2. The molecule has 35 heavy (non-hydrogen) atoms. The maximum absolute atomic E-state index is 13.0. The Kier molecular flexibility index (Phi) is 7.43. The second-order valence-electron chi connectivity index (χ2n) is 10.1. The molecule has 2 aliphatic rings. The van der Waals surface area contributed by atoms with E-state index in [1.807, 2.05) is 54.6 Å². The Bertz CT molecular complexity index is 1170. The Hall–Kier alpha value is -3.18. The molecule has 2 amide bonds. The molecule has 0 radical (unpaired) electrons. The van der Waals surface area contributed by atoms with Crippen molar-refractivity contribution in [1.29, 1.82) is 0 Å². The molecular weight excluding hydrogens is 434 g/mol. The minimum Gasteiger partial charge on any atom is -0.353 e. The van der Waals surface area contributed by atoms with Crippen molar-refractivity contribution in [2.45, 2.75) is 57.5 Å². The van der Waals surface area contributed by atoms with Gasteiger partial charge in [0.25, 0.3) is 5.91 Å². The number of rotatable bonds is 6. The Morgan fingerprint density at radius 3 is 2.40 bits per heavy atom. The van der Waals surface area contributed by atoms with Crippen LogP contribution < -0.4 is 10.6 Å². The summed E-state index contributed by atoms with van der Waals surface area (Å²) in [4.78, 5) is 28.1. The molecule has 5 heteroatoms. The fourth-order valence-electron chi connectivity index (χ4n) is 5.55. The second kappa shape index (κ2) is 11.0. The van der Waals surface area contributed by atoms with Crippen LogP contribution in [0.15, 0.2) is 66.7 Å². The summed E-state index contributed by atoms with van der Waals surface area (Å²) in [6.07, 6.45) is 7.89. The van der Waals surface area contributed by atoms with Crippen LogP contribution in [0.1, 0.15) is 60.9 Å². The van der Waals surface area contributed by atoms with Crippen molar-refractivity contribution in [3.05, 3.63) is 77.9 Å². The first-order valence-electron chi connectivity index (χ1n) is 13.1. The largest absolute Gasteiger partial charge is 0.353 e. The maximum atomic E-state index is 13.0. The molecule has 0 spiro atoms. The lowest BCUT2D eigenvalue weighted by molar-refractivity contribution is -0.127. The van der Waals surface area contributed by atoms with Gasteiger partial charge in [0.05, 0.1) is 0 Å². The van der Waals surface area contributed by atoms with E-state index in [4.69, 9.17) is 0 Å². The first-order valence-corrected chi connectivity index (χ1v) is 13.1. The summed E-state index contributed by atoms with van der Waals surface area (Å²) in [6.45, 7) is 2.68. The number of carbonyl (C=O) groups is 2. The van der Waals surface area contributed by atoms with E-state index in [0.717, 1.165) is 61.8 Å². The van der Waals surface area contributed by atoms with Gasteiger partial charge >= 0.3 is 0 Å². The van der Waals surface area contributed by atoms with E-state index in [1.165, 1.54) is 24.8 Å². The summed E-state index contributed by atoms with van der Waals surface area (Å²) in [7, 11) is 0. The Morgan fingerprint density at radius 1 is 0.829 bits per heavy atom. The molecule has 1 saturated carbocycles. The number of fused-ring (bicyclic) bond motifs is 1. The zero-order valence-corrected chi connectivity index (χ0v) is 20.3. The SMILES string of the molecule is O=C(Nc1cccc(CN2CCC(C(=O)NC3CCCCC3)CC2)c1)c1cccc2ccccc12. The number of benzene rings is 3. The van der Waals surface area contributed by atoms with Gasteiger partial charge in [-0.25, -0.2) is 0 Å². The lowest BCUT2D eigenvalue weighted by Gasteiger charge is -2.32. The van der Waals surface area contributed by atoms with E-state index in [0.29, 0.717) is 11.6 Å². The Morgan fingerprint density at radius 2 is 1.57 bits per heavy atom. The van der Waals surface area contributed by atoms with Gasteiger partial charge in [0, 0.05) is 29.8 Å². The van der Waals surface area contributed by atoms with Gasteiger partial charge in [-0.1, -0.05) is 67.8 Å². The first kappa shape index (κ1) is 23.6. The van der Waals surface area contributed by atoms with Crippen molar-refractivity contribution in [2.24, 2.45) is 5.92 Å². The molecule has 1 saturated heterocycles. The molecule has 3 aromatic carbocycles. The molecule has 0 aromatic heterocycles. The zero-order valence-electron chi connectivity index (χ0n) is 20.3. The number of nitrogens with zero attached hydrogens (tertiary/aromatic N) is 1. The molecule has 1 aliphatic heterocycles. The predicted molar refractivity (Wildman–Crippen MR) is 141 cm³/mol. The van der Waals surface area contributed by atoms with Crippen molar-refractivity contribution in [3.63, 3.8) is 0 Å². The highest BCUT2D eigenvalue weighted by Gasteiger charge is 2.27. The van der Waals surface area contributed by atoms with Crippen LogP contribution in [0.4, 0.5) is 5.69 Å². The van der Waals surface area contributed by atoms with Crippen LogP contribution in [0.2, 0.25) is 0 Å². The van der Waals surface area contributed by atoms with E-state index in [-0.39, 0.29) is 17.7 Å². The van der Waals surface area contributed by atoms with Crippen LogP contribution in [0.25, 0.3) is 10.8 Å². The number of nitrogens with one attached hydrogen (secondary N) is 2. The highest BCUT2D eigenvalue weighted by Crippen LogP contribution is 2.24. The molecule has 182 valence electrons. The van der Waals surface area contributed by atoms with Crippen LogP contribution in [0, 0.1) is 5.92 Å². The summed E-state index contributed by atoms with van der Waals surface area (Å²) in [5.41, 5.74) is 2.66. The van der Waals surface area contributed by atoms with Crippen molar-refractivity contribution in [2.75, 3.05) is 18.4 Å². The monoisotopic (exact) mass is 469 g/mol. The quantitative estimate of drug-likeness (QED) is 0.483. The van der Waals surface area contributed by atoms with Crippen LogP contribution in [-0.2, 0) is 11.3 Å². The van der Waals surface area contributed by atoms with Crippen LogP contribution in [0.5, 0.6) is 0 Å². The smallest absolute Gasteiger partial charge is 0.256 e. The molecule has 2 N–H and O–H groups in total. The molecule has 0 atom stereocenters. The molecule has 0 unspecified atom stereocenters. The molecular formula is C30H35N3O2. The molecule has 3 aromatic rings. The number of amides is 2. The van der Waals surface area contributed by atoms with Gasteiger partial charge in [-0.05, 0) is 73.3 Å². The number of carbonyl (C=O) groups excluding carboxylic acids is 2. The lowest BCUT2D eigenvalue weighted by Crippen LogP contribution is -2.44. The van der Waals surface area contributed by atoms with Gasteiger partial charge < -0.3 is 10.6 Å². The average molecular weight is 470 g/mol. The van der Waals surface area contributed by atoms with Crippen molar-refractivity contribution in [1.82, 2.24) is 10.2 Å². The zero-order chi connectivity index (χ0) is 24.0. The van der Waals surface area contributed by atoms with Gasteiger partial charge in [-0.15, -0.1) is 0 Å². The van der Waals surface area contributed by atoms with Crippen LogP contribution in [0.3, 0.4) is 0 Å². The van der Waals surface area contributed by atoms with E-state index in [2.05, 4.69) is 27.7 Å². The highest BCUT2D eigenvalue weighted by molar-refractivity contribution is 6.12. The van der Waals surface area contributed by atoms with Gasteiger partial charge in [0.2, 0.25) is 5.91 Å². The minimum absolute atomic E-state index is 0.0938. The second-order valence-corrected chi connectivity index (χ2v) is 10.1. The fourth-order valence-corrected chi connectivity index (χ4v) is 5.55. The average Bonchev–Trinajstić information content (AvgIpc) is 2.89. The maximum Gasteiger partial charge on any atom is 0.256 e. The number of hydrogen-bond donors (Lipinski definition) is 2. The normalized spacial score (nSPS) is 17.8. The first-order chi connectivity index (χ1) is 17.2. The third-order valence-electron chi connectivity index (χ3n) is 7.54. The summed E-state index contributed by atoms with van der Waals surface area (Å²) >= 11 is 0. The van der Waals surface area contributed by atoms with Crippen molar-refractivity contribution in [3.8, 4) is 0 Å². The molecule has 2 fully saturated rings. The Balaban J connectivity index is 1.15. The summed E-state index contributed by atoms with van der Waals surface area (Å²) < 4.78 is 0. The molecule has 0 bridgehead atoms. The van der Waals surface area contributed by atoms with E-state index in [1.54, 1.807) is 0 Å². The number of hydrogen-bond acceptors (Lipinski definition) is 3. The number of piperidine rings is 1. The van der Waals surface area contributed by atoms with Gasteiger partial charge in [-0.2, -0.15) is 0 Å². The van der Waals surface area contributed by atoms with Crippen LogP contribution in [-0.4, -0.2) is 35.8 Å². The third kappa shape index (κ3) is 5.91. The number of likely N-dealkylation sites (tertiary alicyclic amines) is 1. The van der Waals surface area contributed by atoms with E-state index < -0.39 is 0 Å². The standard InChI is InChI=1S/C30H35N3O2/c34-29(31-25-11-2-1-3-12-25)24-16-18-33(19-17-24)21-22-8-6-13-26(20-22)32-30(35)28-15-7-10-23-9-4-5-14-27(23)28/h4-10,13-15,20,24-25H,1-3,11-12,16-19,21H2,(H,31,34)(H,32,35). The predicted octanol–water partition coefficient (Wildman–Crippen LogP) is 5.75. The molecule has 1 aliphatic carbocycles. The van der Waals surface area contributed by atoms with E-state index in [9.17, 15) is 9.59 Å². The van der Waals surface area contributed by atoms with Crippen LogP contribution >= 0.6 is 0 Å². The van der Waals surface area contributed by atoms with Crippen molar-refractivity contribution >= 4 is 28.3 Å². The van der Waals surface area contributed by atoms with Gasteiger partial charge in [0.15, 0.2) is 0 Å². The molecule has 1 heterocycles. The lowest BCUT2D eigenvalue weighted by atomic mass is 9.92. The molecule has 5 rings (SSSR count). The van der Waals surface area contributed by atoms with Gasteiger partial charge in [0.1, 0.15) is 0 Å². The summed E-state index contributed by atoms with van der Waals surface area (Å²) in [5, 5.41) is 8.40. The third-order valence-corrected chi connectivity index (χ3v) is 7.54. The summed E-state index contributed by atoms with van der Waals surface area (Å²) in [5.74, 6) is 0.304. The van der Waals surface area contributed by atoms with Gasteiger partial charge in [-0.3, -0.25) is 14.5 Å². The number of anilines is 1. The summed E-state index contributed by atoms with van der Waals surface area (Å²) in [6, 6.07) is 22.3. The topological polar surface area (TPSA) is 61.4 Å². The fraction of sp³-hybridized carbons (Fsp3) is 0.400. The Labute approximate surface area is 207 Å². The van der Waals surface area contributed by atoms with Crippen molar-refractivity contribution < 1.29 is 9.59 Å². The molecule has 5 nitrogen and oxygen atoms in total.